The Hall–Kier alpha value is -2.70. The Morgan fingerprint density at radius 3 is 2.33 bits per heavy atom. The lowest BCUT2D eigenvalue weighted by Crippen LogP contribution is -2.41. The van der Waals surface area contributed by atoms with Gasteiger partial charge in [0.1, 0.15) is 0 Å². The minimum absolute atomic E-state index is 0.0375. The van der Waals surface area contributed by atoms with Crippen LogP contribution < -0.4 is 0 Å². The van der Waals surface area contributed by atoms with E-state index >= 15 is 0 Å². The number of hydrogen-bond donors (Lipinski definition) is 0. The van der Waals surface area contributed by atoms with E-state index in [0.717, 1.165) is 0 Å². The van der Waals surface area contributed by atoms with Gasteiger partial charge in [-0.2, -0.15) is 0 Å². The number of ether oxygens (including phenoxy) is 2. The molecule has 128 valence electrons. The molecule has 24 heavy (non-hydrogen) atoms. The minimum atomic E-state index is -1.29. The summed E-state index contributed by atoms with van der Waals surface area (Å²) in [5.41, 5.74) is 1.06. The number of hydrogen-bond acceptors (Lipinski definition) is 6. The average Bonchev–Trinajstić information content (AvgIpc) is 2.66. The first-order chi connectivity index (χ1) is 11.5. The fourth-order valence-corrected chi connectivity index (χ4v) is 2.44. The normalized spacial score (nSPS) is 13.9. The predicted octanol–water partition coefficient (Wildman–Crippen LogP) is 1.59. The van der Waals surface area contributed by atoms with E-state index in [1.54, 1.807) is 45.2 Å². The monoisotopic (exact) mass is 332 g/mol. The highest BCUT2D eigenvalue weighted by Crippen LogP contribution is 2.25. The molecular weight excluding hydrogens is 312 g/mol. The van der Waals surface area contributed by atoms with Gasteiger partial charge in [0.15, 0.2) is 5.92 Å². The molecule has 1 aliphatic heterocycles. The van der Waals surface area contributed by atoms with Gasteiger partial charge in [0.05, 0.1) is 36.7 Å². The number of aliphatic imine (C=N–C) groups is 1. The van der Waals surface area contributed by atoms with Gasteiger partial charge < -0.3 is 14.4 Å². The van der Waals surface area contributed by atoms with Crippen molar-refractivity contribution in [1.82, 2.24) is 4.90 Å². The first-order valence-corrected chi connectivity index (χ1v) is 7.74. The van der Waals surface area contributed by atoms with E-state index in [-0.39, 0.29) is 31.4 Å². The number of fused-ring (bicyclic) bond motifs is 1. The largest absolute Gasteiger partial charge is 0.465 e. The molecule has 1 aromatic rings. The topological polar surface area (TPSA) is 85.3 Å². The third-order valence-electron chi connectivity index (χ3n) is 3.52. The lowest BCUT2D eigenvalue weighted by atomic mass is 10.0. The second kappa shape index (κ2) is 7.72. The van der Waals surface area contributed by atoms with Crippen molar-refractivity contribution < 1.29 is 23.9 Å². The van der Waals surface area contributed by atoms with Crippen LogP contribution in [0.1, 0.15) is 24.2 Å². The van der Waals surface area contributed by atoms with Gasteiger partial charge in [-0.25, -0.2) is 0 Å². The summed E-state index contributed by atoms with van der Waals surface area (Å²) in [6.07, 6.45) is 0. The van der Waals surface area contributed by atoms with E-state index in [0.29, 0.717) is 11.3 Å². The Labute approximate surface area is 140 Å². The minimum Gasteiger partial charge on any atom is -0.465 e. The number of nitrogens with zero attached hydrogens (tertiary/aromatic N) is 2. The van der Waals surface area contributed by atoms with E-state index < -0.39 is 17.9 Å². The molecule has 0 fully saturated rings. The van der Waals surface area contributed by atoms with Crippen LogP contribution in [0.3, 0.4) is 0 Å². The Morgan fingerprint density at radius 1 is 1.17 bits per heavy atom. The molecule has 0 saturated carbocycles. The van der Waals surface area contributed by atoms with Crippen LogP contribution in [0.4, 0.5) is 5.69 Å². The van der Waals surface area contributed by atoms with Gasteiger partial charge in [-0.15, -0.1) is 0 Å². The average molecular weight is 332 g/mol. The molecular formula is C17H20N2O5. The fourth-order valence-electron chi connectivity index (χ4n) is 2.44. The zero-order chi connectivity index (χ0) is 17.7. The number of benzene rings is 1. The highest BCUT2D eigenvalue weighted by atomic mass is 16.6. The summed E-state index contributed by atoms with van der Waals surface area (Å²) in [5.74, 6) is -2.97. The van der Waals surface area contributed by atoms with Gasteiger partial charge in [-0.05, 0) is 26.0 Å². The predicted molar refractivity (Wildman–Crippen MR) is 87.3 cm³/mol. The molecule has 0 N–H and O–H groups in total. The maximum atomic E-state index is 12.4. The highest BCUT2D eigenvalue weighted by Gasteiger charge is 2.37. The maximum absolute atomic E-state index is 12.4. The van der Waals surface area contributed by atoms with Gasteiger partial charge in [0, 0.05) is 7.05 Å². The summed E-state index contributed by atoms with van der Waals surface area (Å²) >= 11 is 0. The van der Waals surface area contributed by atoms with Crippen LogP contribution in [-0.2, 0) is 19.1 Å². The maximum Gasteiger partial charge on any atom is 0.326 e. The van der Waals surface area contributed by atoms with Crippen molar-refractivity contribution in [2.24, 2.45) is 10.9 Å². The van der Waals surface area contributed by atoms with Crippen LogP contribution in [0.2, 0.25) is 0 Å². The molecule has 0 atom stereocenters. The molecule has 1 amide bonds. The van der Waals surface area contributed by atoms with Crippen LogP contribution in [0, 0.1) is 5.92 Å². The Balaban J connectivity index is 2.48. The SMILES string of the molecule is CCOC(=O)C(C(=O)OCC)C1=Nc2ccccc2C(=O)N(C)C1. The van der Waals surface area contributed by atoms with Gasteiger partial charge in [-0.1, -0.05) is 12.1 Å². The van der Waals surface area contributed by atoms with Gasteiger partial charge in [-0.3, -0.25) is 19.4 Å². The molecule has 0 aromatic heterocycles. The van der Waals surface area contributed by atoms with Crippen molar-refractivity contribution >= 4 is 29.2 Å². The van der Waals surface area contributed by atoms with Crippen LogP contribution in [0.25, 0.3) is 0 Å². The summed E-state index contributed by atoms with van der Waals surface area (Å²) in [6.45, 7) is 3.61. The highest BCUT2D eigenvalue weighted by molar-refractivity contribution is 6.20. The second-order valence-corrected chi connectivity index (χ2v) is 5.22. The van der Waals surface area contributed by atoms with Crippen LogP contribution >= 0.6 is 0 Å². The molecule has 7 nitrogen and oxygen atoms in total. The van der Waals surface area contributed by atoms with E-state index in [1.165, 1.54) is 4.90 Å². The molecule has 1 aromatic carbocycles. The summed E-state index contributed by atoms with van der Waals surface area (Å²) in [4.78, 5) is 42.8. The number of esters is 2. The zero-order valence-electron chi connectivity index (χ0n) is 13.9. The van der Waals surface area contributed by atoms with E-state index in [4.69, 9.17) is 9.47 Å². The van der Waals surface area contributed by atoms with Crippen molar-refractivity contribution in [1.29, 1.82) is 0 Å². The molecule has 0 bridgehead atoms. The zero-order valence-corrected chi connectivity index (χ0v) is 13.9. The molecule has 1 aliphatic rings. The summed E-state index contributed by atoms with van der Waals surface area (Å²) < 4.78 is 9.98. The number of carbonyl (C=O) groups excluding carboxylic acids is 3. The van der Waals surface area contributed by atoms with Crippen LogP contribution in [0.15, 0.2) is 29.3 Å². The van der Waals surface area contributed by atoms with Gasteiger partial charge in [0.25, 0.3) is 5.91 Å². The third kappa shape index (κ3) is 3.61. The number of rotatable bonds is 5. The Bertz CT molecular complexity index is 665. The first kappa shape index (κ1) is 17.7. The third-order valence-corrected chi connectivity index (χ3v) is 3.52. The standard InChI is InChI=1S/C17H20N2O5/c1-4-23-16(21)14(17(22)24-5-2)13-10-19(3)15(20)11-8-6-7-9-12(11)18-13/h6-9,14H,4-5,10H2,1-3H3. The molecule has 0 saturated heterocycles. The second-order valence-electron chi connectivity index (χ2n) is 5.22. The van der Waals surface area contributed by atoms with Crippen molar-refractivity contribution in [2.75, 3.05) is 26.8 Å². The van der Waals surface area contributed by atoms with Crippen LogP contribution in [-0.4, -0.2) is 55.3 Å². The number of amides is 1. The Kier molecular flexibility index (Phi) is 5.68. The lowest BCUT2D eigenvalue weighted by molar-refractivity contribution is -0.157. The quantitative estimate of drug-likeness (QED) is 0.604. The van der Waals surface area contributed by atoms with Crippen molar-refractivity contribution in [3.05, 3.63) is 29.8 Å². The first-order valence-electron chi connectivity index (χ1n) is 7.74. The molecule has 0 spiro atoms. The molecule has 7 heteroatoms. The molecule has 1 heterocycles. The summed E-state index contributed by atoms with van der Waals surface area (Å²) in [7, 11) is 1.59. The molecule has 2 rings (SSSR count). The number of para-hydroxylation sites is 1. The van der Waals surface area contributed by atoms with Crippen molar-refractivity contribution in [3.63, 3.8) is 0 Å². The molecule has 0 radical (unpaired) electrons. The van der Waals surface area contributed by atoms with E-state index in [1.807, 2.05) is 0 Å². The smallest absolute Gasteiger partial charge is 0.326 e. The van der Waals surface area contributed by atoms with Crippen molar-refractivity contribution in [2.45, 2.75) is 13.8 Å². The summed E-state index contributed by atoms with van der Waals surface area (Å²) in [6, 6.07) is 6.80. The van der Waals surface area contributed by atoms with E-state index in [2.05, 4.69) is 4.99 Å². The molecule has 0 aliphatic carbocycles. The summed E-state index contributed by atoms with van der Waals surface area (Å²) in [5, 5.41) is 0. The van der Waals surface area contributed by atoms with Gasteiger partial charge in [0.2, 0.25) is 0 Å². The lowest BCUT2D eigenvalue weighted by Gasteiger charge is -2.20. The Morgan fingerprint density at radius 2 is 1.75 bits per heavy atom. The van der Waals surface area contributed by atoms with Crippen molar-refractivity contribution in [3.8, 4) is 0 Å². The number of carbonyl (C=O) groups is 3. The van der Waals surface area contributed by atoms with E-state index in [9.17, 15) is 14.4 Å². The van der Waals surface area contributed by atoms with Crippen LogP contribution in [0.5, 0.6) is 0 Å². The fraction of sp³-hybridized carbons (Fsp3) is 0.412. The molecule has 0 unspecified atom stereocenters. The van der Waals surface area contributed by atoms with Gasteiger partial charge >= 0.3 is 11.9 Å².